The third-order valence-electron chi connectivity index (χ3n) is 4.73. The second kappa shape index (κ2) is 11.0. The number of benzene rings is 2. The van der Waals surface area contributed by atoms with E-state index in [0.717, 1.165) is 33.3 Å². The number of hydrogen-bond acceptors (Lipinski definition) is 3. The number of carbonyl (C=O) groups is 1. The van der Waals surface area contributed by atoms with Crippen LogP contribution in [0, 0.1) is 34.6 Å². The van der Waals surface area contributed by atoms with Crippen molar-refractivity contribution in [2.75, 3.05) is 19.8 Å². The Morgan fingerprint density at radius 3 is 2.30 bits per heavy atom. The van der Waals surface area contributed by atoms with Gasteiger partial charge in [0.2, 0.25) is 0 Å². The van der Waals surface area contributed by atoms with Crippen molar-refractivity contribution in [1.82, 2.24) is 0 Å². The molecule has 0 amide bonds. The zero-order chi connectivity index (χ0) is 19.3. The van der Waals surface area contributed by atoms with E-state index in [1.807, 2.05) is 39.0 Å². The van der Waals surface area contributed by atoms with Crippen LogP contribution in [0.3, 0.4) is 0 Å². The molecule has 0 aliphatic rings. The molecule has 5 heteroatoms. The van der Waals surface area contributed by atoms with E-state index in [9.17, 15) is 4.79 Å². The molecule has 2 aromatic rings. The smallest absolute Gasteiger partial charge is 1.00 e. The van der Waals surface area contributed by atoms with E-state index in [0.29, 0.717) is 19.8 Å². The SMILES string of the molecule is CCOCCOc1ccc(PC(=O)c2c(C)cc(C)c(C)c2C)c(C)c1.[H-].[Li+]. The molecule has 0 spiro atoms. The Hall–Kier alpha value is -1.10. The fourth-order valence-electron chi connectivity index (χ4n) is 3.05. The normalized spacial score (nSPS) is 10.9. The summed E-state index contributed by atoms with van der Waals surface area (Å²) in [5.74, 6) is 0.821. The standard InChI is InChI=1S/C22H29O3P.Li.H/c1-7-24-10-11-25-19-8-9-20(15(3)13-19)26-22(23)21-16(4)12-14(2)17(5)18(21)6;;/h8-9,12-13,26H,7,10-11H2,1-6H3;;/q;+1;-1. The fourth-order valence-corrected chi connectivity index (χ4v) is 4.24. The van der Waals surface area contributed by atoms with Crippen molar-refractivity contribution < 1.29 is 34.6 Å². The molecule has 0 saturated carbocycles. The number of hydrogen-bond donors (Lipinski definition) is 0. The molecule has 2 aromatic carbocycles. The molecule has 0 radical (unpaired) electrons. The molecule has 27 heavy (non-hydrogen) atoms. The first-order valence-corrected chi connectivity index (χ1v) is 10.0. The van der Waals surface area contributed by atoms with Gasteiger partial charge in [-0.15, -0.1) is 0 Å². The fraction of sp³-hybridized carbons (Fsp3) is 0.409. The van der Waals surface area contributed by atoms with Crippen LogP contribution in [0.5, 0.6) is 5.75 Å². The monoisotopic (exact) mass is 380 g/mol. The van der Waals surface area contributed by atoms with Crippen LogP contribution in [0.4, 0.5) is 0 Å². The summed E-state index contributed by atoms with van der Waals surface area (Å²) < 4.78 is 11.0. The van der Waals surface area contributed by atoms with Crippen LogP contribution >= 0.6 is 8.58 Å². The maximum absolute atomic E-state index is 13.0. The Balaban J connectivity index is 0.00000364. The first-order valence-electron chi connectivity index (χ1n) is 9.05. The van der Waals surface area contributed by atoms with Crippen molar-refractivity contribution in [1.29, 1.82) is 0 Å². The van der Waals surface area contributed by atoms with Gasteiger partial charge in [-0.1, -0.05) is 12.1 Å². The molecule has 0 aliphatic carbocycles. The molecular formula is C22H30LiO3P. The Morgan fingerprint density at radius 1 is 0.963 bits per heavy atom. The molecule has 3 nitrogen and oxygen atoms in total. The van der Waals surface area contributed by atoms with E-state index in [1.54, 1.807) is 0 Å². The van der Waals surface area contributed by atoms with Gasteiger partial charge in [0, 0.05) is 12.2 Å². The Labute approximate surface area is 178 Å². The van der Waals surface area contributed by atoms with Crippen LogP contribution in [0.15, 0.2) is 24.3 Å². The minimum atomic E-state index is 0. The molecule has 0 aromatic heterocycles. The first-order chi connectivity index (χ1) is 12.3. The van der Waals surface area contributed by atoms with Crippen molar-refractivity contribution in [2.45, 2.75) is 41.5 Å². The van der Waals surface area contributed by atoms with Crippen molar-refractivity contribution in [3.63, 3.8) is 0 Å². The molecule has 0 heterocycles. The van der Waals surface area contributed by atoms with E-state index in [-0.39, 0.29) is 34.4 Å². The quantitative estimate of drug-likeness (QED) is 0.399. The summed E-state index contributed by atoms with van der Waals surface area (Å²) >= 11 is 0. The Kier molecular flexibility index (Phi) is 9.78. The van der Waals surface area contributed by atoms with Crippen molar-refractivity contribution >= 4 is 19.4 Å². The molecule has 1 unspecified atom stereocenters. The van der Waals surface area contributed by atoms with Crippen LogP contribution in [-0.2, 0) is 4.74 Å². The minimum Gasteiger partial charge on any atom is -1.00 e. The average Bonchev–Trinajstić information content (AvgIpc) is 2.59. The summed E-state index contributed by atoms with van der Waals surface area (Å²) in [6.07, 6.45) is 0. The van der Waals surface area contributed by atoms with Gasteiger partial charge in [-0.05, 0) is 95.4 Å². The molecule has 1 atom stereocenters. The molecule has 142 valence electrons. The maximum atomic E-state index is 13.0. The van der Waals surface area contributed by atoms with E-state index in [1.165, 1.54) is 11.1 Å². The number of rotatable bonds is 8. The van der Waals surface area contributed by atoms with Gasteiger partial charge in [-0.3, -0.25) is 4.79 Å². The topological polar surface area (TPSA) is 35.5 Å². The van der Waals surface area contributed by atoms with Gasteiger partial charge in [0.25, 0.3) is 0 Å². The second-order valence-electron chi connectivity index (χ2n) is 6.61. The molecule has 0 aliphatic heterocycles. The summed E-state index contributed by atoms with van der Waals surface area (Å²) in [6.45, 7) is 14.1. The maximum Gasteiger partial charge on any atom is 1.00 e. The zero-order valence-electron chi connectivity index (χ0n) is 18.7. The van der Waals surface area contributed by atoms with Gasteiger partial charge in [0.05, 0.1) is 6.61 Å². The summed E-state index contributed by atoms with van der Waals surface area (Å²) in [7, 11) is 0.120. The van der Waals surface area contributed by atoms with Gasteiger partial charge in [-0.2, -0.15) is 0 Å². The second-order valence-corrected chi connectivity index (χ2v) is 7.85. The van der Waals surface area contributed by atoms with Gasteiger partial charge in [0.1, 0.15) is 12.4 Å². The van der Waals surface area contributed by atoms with Crippen molar-refractivity contribution in [3.05, 3.63) is 57.6 Å². The van der Waals surface area contributed by atoms with Crippen LogP contribution < -0.4 is 28.9 Å². The molecule has 0 fully saturated rings. The number of aryl methyl sites for hydroxylation is 3. The van der Waals surface area contributed by atoms with E-state index >= 15 is 0 Å². The predicted molar refractivity (Wildman–Crippen MR) is 112 cm³/mol. The summed E-state index contributed by atoms with van der Waals surface area (Å²) in [5, 5.41) is 1.07. The summed E-state index contributed by atoms with van der Waals surface area (Å²) in [5.41, 5.74) is 6.79. The first kappa shape index (κ1) is 23.9. The largest absolute Gasteiger partial charge is 1.00 e. The Bertz CT molecular complexity index is 809. The predicted octanol–water partition coefficient (Wildman–Crippen LogP) is 1.90. The van der Waals surface area contributed by atoms with E-state index in [4.69, 9.17) is 9.47 Å². The Morgan fingerprint density at radius 2 is 1.67 bits per heavy atom. The zero-order valence-corrected chi connectivity index (χ0v) is 18.7. The van der Waals surface area contributed by atoms with Crippen LogP contribution in [0.2, 0.25) is 0 Å². The third kappa shape index (κ3) is 6.20. The van der Waals surface area contributed by atoms with Gasteiger partial charge in [-0.25, -0.2) is 0 Å². The molecule has 2 rings (SSSR count). The van der Waals surface area contributed by atoms with E-state index in [2.05, 4.69) is 26.8 Å². The van der Waals surface area contributed by atoms with Crippen LogP contribution in [0.1, 0.15) is 46.5 Å². The van der Waals surface area contributed by atoms with Gasteiger partial charge < -0.3 is 10.9 Å². The van der Waals surface area contributed by atoms with Crippen molar-refractivity contribution in [2.24, 2.45) is 0 Å². The number of ether oxygens (including phenoxy) is 2. The summed E-state index contributed by atoms with van der Waals surface area (Å²) in [6, 6.07) is 8.06. The molecule has 0 bridgehead atoms. The van der Waals surface area contributed by atoms with Crippen molar-refractivity contribution in [3.8, 4) is 5.75 Å². The molecule has 0 N–H and O–H groups in total. The summed E-state index contributed by atoms with van der Waals surface area (Å²) in [4.78, 5) is 13.0. The van der Waals surface area contributed by atoms with Crippen LogP contribution in [-0.4, -0.2) is 25.3 Å². The molecule has 0 saturated heterocycles. The average molecular weight is 380 g/mol. The third-order valence-corrected chi connectivity index (χ3v) is 6.04. The molecular weight excluding hydrogens is 350 g/mol. The van der Waals surface area contributed by atoms with E-state index < -0.39 is 0 Å². The van der Waals surface area contributed by atoms with Gasteiger partial charge in [0.15, 0.2) is 5.52 Å². The van der Waals surface area contributed by atoms with Gasteiger partial charge >= 0.3 is 18.9 Å². The minimum absolute atomic E-state index is 0. The number of carbonyl (C=O) groups excluding carboxylic acids is 1. The van der Waals surface area contributed by atoms with Crippen LogP contribution in [0.25, 0.3) is 0 Å².